The standard InChI is InChI=1S/C22H20N2O3S/c1-14-8-10-18(11-9-14)28(26,27)24-20-7-5-4-6-17(20)12-21(24)19-13-23-15(2)22(19)16(3)25/h4-13,23H,1-3H3. The topological polar surface area (TPSA) is 71.9 Å². The smallest absolute Gasteiger partial charge is 0.268 e. The molecule has 2 aromatic carbocycles. The number of carbonyl (C=O) groups is 1. The van der Waals surface area contributed by atoms with Crippen molar-refractivity contribution in [3.8, 4) is 11.3 Å². The van der Waals surface area contributed by atoms with Crippen LogP contribution >= 0.6 is 0 Å². The van der Waals surface area contributed by atoms with E-state index in [0.717, 1.165) is 10.9 Å². The molecule has 0 saturated carbocycles. The third kappa shape index (κ3) is 2.77. The largest absolute Gasteiger partial charge is 0.364 e. The van der Waals surface area contributed by atoms with Crippen molar-refractivity contribution in [2.24, 2.45) is 0 Å². The van der Waals surface area contributed by atoms with Gasteiger partial charge in [-0.2, -0.15) is 0 Å². The SMILES string of the molecule is CC(=O)c1c(-c2cc3ccccc3n2S(=O)(=O)c2ccc(C)cc2)c[nH]c1C. The summed E-state index contributed by atoms with van der Waals surface area (Å²) in [4.78, 5) is 15.5. The number of rotatable bonds is 4. The van der Waals surface area contributed by atoms with Crippen LogP contribution in [0.3, 0.4) is 0 Å². The molecule has 0 aliphatic carbocycles. The van der Waals surface area contributed by atoms with Gasteiger partial charge in [0.2, 0.25) is 0 Å². The number of aromatic amines is 1. The molecule has 4 aromatic rings. The van der Waals surface area contributed by atoms with Crippen molar-refractivity contribution in [1.29, 1.82) is 0 Å². The van der Waals surface area contributed by atoms with Gasteiger partial charge in [-0.15, -0.1) is 0 Å². The van der Waals surface area contributed by atoms with E-state index in [1.807, 2.05) is 38.1 Å². The molecule has 0 bridgehead atoms. The van der Waals surface area contributed by atoms with Crippen molar-refractivity contribution in [3.63, 3.8) is 0 Å². The van der Waals surface area contributed by atoms with E-state index in [4.69, 9.17) is 0 Å². The van der Waals surface area contributed by atoms with Gasteiger partial charge in [-0.3, -0.25) is 4.79 Å². The van der Waals surface area contributed by atoms with Crippen molar-refractivity contribution in [2.45, 2.75) is 25.7 Å². The lowest BCUT2D eigenvalue weighted by molar-refractivity contribution is 0.101. The fourth-order valence-corrected chi connectivity index (χ4v) is 5.10. The van der Waals surface area contributed by atoms with E-state index in [9.17, 15) is 13.2 Å². The molecule has 1 N–H and O–H groups in total. The number of aromatic nitrogens is 2. The Labute approximate surface area is 163 Å². The summed E-state index contributed by atoms with van der Waals surface area (Å²) in [6.07, 6.45) is 1.70. The van der Waals surface area contributed by atoms with Crippen LogP contribution in [0.4, 0.5) is 0 Å². The Morgan fingerprint density at radius 2 is 1.68 bits per heavy atom. The molecule has 0 amide bonds. The average Bonchev–Trinajstić information content (AvgIpc) is 3.22. The normalized spacial score (nSPS) is 11.8. The van der Waals surface area contributed by atoms with Gasteiger partial charge in [0.05, 0.1) is 16.1 Å². The van der Waals surface area contributed by atoms with Gasteiger partial charge in [0.25, 0.3) is 10.0 Å². The fraction of sp³-hybridized carbons (Fsp3) is 0.136. The quantitative estimate of drug-likeness (QED) is 0.512. The molecule has 2 heterocycles. The minimum absolute atomic E-state index is 0.113. The van der Waals surface area contributed by atoms with E-state index < -0.39 is 10.0 Å². The summed E-state index contributed by atoms with van der Waals surface area (Å²) in [5, 5.41) is 0.793. The highest BCUT2D eigenvalue weighted by atomic mass is 32.2. The molecule has 0 saturated heterocycles. The number of fused-ring (bicyclic) bond motifs is 1. The number of nitrogens with one attached hydrogen (secondary N) is 1. The fourth-order valence-electron chi connectivity index (χ4n) is 3.57. The first-order chi connectivity index (χ1) is 13.3. The lowest BCUT2D eigenvalue weighted by atomic mass is 10.1. The van der Waals surface area contributed by atoms with Gasteiger partial charge >= 0.3 is 0 Å². The summed E-state index contributed by atoms with van der Waals surface area (Å²) in [7, 11) is -3.86. The number of aryl methyl sites for hydroxylation is 2. The molecule has 6 heteroatoms. The Bertz CT molecular complexity index is 1310. The Balaban J connectivity index is 2.08. The maximum atomic E-state index is 13.6. The predicted molar refractivity (Wildman–Crippen MR) is 110 cm³/mol. The molecule has 4 rings (SSSR count). The molecule has 2 aromatic heterocycles. The second kappa shape index (κ2) is 6.49. The molecule has 0 unspecified atom stereocenters. The maximum absolute atomic E-state index is 13.6. The number of para-hydroxylation sites is 1. The van der Waals surface area contributed by atoms with Gasteiger partial charge in [0, 0.05) is 28.4 Å². The lowest BCUT2D eigenvalue weighted by Crippen LogP contribution is -2.14. The maximum Gasteiger partial charge on any atom is 0.268 e. The zero-order chi connectivity index (χ0) is 20.1. The first-order valence-electron chi connectivity index (χ1n) is 8.92. The highest BCUT2D eigenvalue weighted by Gasteiger charge is 2.26. The van der Waals surface area contributed by atoms with Crippen LogP contribution in [0.5, 0.6) is 0 Å². The number of nitrogens with zero attached hydrogens (tertiary/aromatic N) is 1. The summed E-state index contributed by atoms with van der Waals surface area (Å²) in [5.74, 6) is -0.113. The molecule has 142 valence electrons. The molecule has 0 atom stereocenters. The first-order valence-corrected chi connectivity index (χ1v) is 10.4. The highest BCUT2D eigenvalue weighted by Crippen LogP contribution is 2.35. The number of ketones is 1. The number of Topliss-reactive ketones (excluding diaryl/α,β-unsaturated/α-hetero) is 1. The third-order valence-corrected chi connectivity index (χ3v) is 6.67. The number of carbonyl (C=O) groups excluding carboxylic acids is 1. The van der Waals surface area contributed by atoms with Crippen molar-refractivity contribution in [3.05, 3.63) is 77.6 Å². The van der Waals surface area contributed by atoms with Crippen LogP contribution in [0.25, 0.3) is 22.2 Å². The molecule has 0 aliphatic heterocycles. The van der Waals surface area contributed by atoms with Gasteiger partial charge in [-0.1, -0.05) is 35.9 Å². The molecule has 0 fully saturated rings. The van der Waals surface area contributed by atoms with E-state index in [-0.39, 0.29) is 10.7 Å². The van der Waals surface area contributed by atoms with E-state index in [0.29, 0.717) is 28.0 Å². The summed E-state index contributed by atoms with van der Waals surface area (Å²) >= 11 is 0. The van der Waals surface area contributed by atoms with E-state index in [1.165, 1.54) is 10.9 Å². The Kier molecular flexibility index (Phi) is 4.23. The van der Waals surface area contributed by atoms with Crippen LogP contribution in [-0.4, -0.2) is 23.2 Å². The summed E-state index contributed by atoms with van der Waals surface area (Å²) in [6, 6.07) is 15.9. The molecule has 0 spiro atoms. The Hall–Kier alpha value is -3.12. The minimum atomic E-state index is -3.86. The van der Waals surface area contributed by atoms with Gasteiger partial charge in [0.15, 0.2) is 5.78 Å². The van der Waals surface area contributed by atoms with Crippen LogP contribution in [0.1, 0.15) is 28.5 Å². The van der Waals surface area contributed by atoms with Crippen molar-refractivity contribution >= 4 is 26.7 Å². The van der Waals surface area contributed by atoms with E-state index >= 15 is 0 Å². The average molecular weight is 392 g/mol. The van der Waals surface area contributed by atoms with E-state index in [2.05, 4.69) is 4.98 Å². The molecule has 0 radical (unpaired) electrons. The summed E-state index contributed by atoms with van der Waals surface area (Å²) in [6.45, 7) is 5.21. The lowest BCUT2D eigenvalue weighted by Gasteiger charge is -2.13. The van der Waals surface area contributed by atoms with Crippen molar-refractivity contribution in [1.82, 2.24) is 8.96 Å². The van der Waals surface area contributed by atoms with Crippen LogP contribution < -0.4 is 0 Å². The molecule has 5 nitrogen and oxygen atoms in total. The van der Waals surface area contributed by atoms with Crippen LogP contribution in [-0.2, 0) is 10.0 Å². The summed E-state index contributed by atoms with van der Waals surface area (Å²) in [5.41, 5.74) is 3.83. The van der Waals surface area contributed by atoms with Gasteiger partial charge in [0.1, 0.15) is 0 Å². The molecular formula is C22H20N2O3S. The van der Waals surface area contributed by atoms with Gasteiger partial charge < -0.3 is 4.98 Å². The number of hydrogen-bond acceptors (Lipinski definition) is 3. The van der Waals surface area contributed by atoms with Gasteiger partial charge in [-0.05, 0) is 45.0 Å². The van der Waals surface area contributed by atoms with E-state index in [1.54, 1.807) is 36.5 Å². The Morgan fingerprint density at radius 3 is 2.36 bits per heavy atom. The minimum Gasteiger partial charge on any atom is -0.364 e. The molecule has 28 heavy (non-hydrogen) atoms. The molecule has 0 aliphatic rings. The zero-order valence-corrected chi connectivity index (χ0v) is 16.7. The third-order valence-electron chi connectivity index (χ3n) is 4.93. The zero-order valence-electron chi connectivity index (χ0n) is 15.9. The van der Waals surface area contributed by atoms with Crippen molar-refractivity contribution in [2.75, 3.05) is 0 Å². The number of H-pyrrole nitrogens is 1. The predicted octanol–water partition coefficient (Wildman–Crippen LogP) is 4.69. The van der Waals surface area contributed by atoms with Crippen LogP contribution in [0.2, 0.25) is 0 Å². The first kappa shape index (κ1) is 18.3. The molecular weight excluding hydrogens is 372 g/mol. The second-order valence-corrected chi connectivity index (χ2v) is 8.72. The summed E-state index contributed by atoms with van der Waals surface area (Å²) < 4.78 is 28.5. The second-order valence-electron chi connectivity index (χ2n) is 6.93. The number of hydrogen-bond donors (Lipinski definition) is 1. The monoisotopic (exact) mass is 392 g/mol. The Morgan fingerprint density at radius 1 is 1.00 bits per heavy atom. The van der Waals surface area contributed by atoms with Crippen LogP contribution in [0, 0.1) is 13.8 Å². The van der Waals surface area contributed by atoms with Crippen molar-refractivity contribution < 1.29 is 13.2 Å². The van der Waals surface area contributed by atoms with Gasteiger partial charge in [-0.25, -0.2) is 12.4 Å². The highest BCUT2D eigenvalue weighted by molar-refractivity contribution is 7.90. The number of benzene rings is 2. The van der Waals surface area contributed by atoms with Crippen LogP contribution in [0.15, 0.2) is 65.7 Å².